The number of nitrogens with two attached hydrogens (primary N) is 1. The van der Waals surface area contributed by atoms with E-state index in [0.29, 0.717) is 5.56 Å². The third-order valence-corrected chi connectivity index (χ3v) is 3.14. The van der Waals surface area contributed by atoms with E-state index in [4.69, 9.17) is 10.5 Å². The monoisotopic (exact) mass is 390 g/mol. The largest absolute Gasteiger partial charge is 0.448 e. The highest BCUT2D eigenvalue weighted by Crippen LogP contribution is 2.13. The molecule has 0 saturated heterocycles. The molecule has 0 aliphatic heterocycles. The summed E-state index contributed by atoms with van der Waals surface area (Å²) in [6, 6.07) is 5.74. The number of carbonyl (C=O) groups excluding carboxylic acids is 3. The van der Waals surface area contributed by atoms with E-state index in [9.17, 15) is 14.4 Å². The minimum absolute atomic E-state index is 0.290. The Hall–Kier alpha value is -1.64. The van der Waals surface area contributed by atoms with Crippen molar-refractivity contribution in [3.05, 3.63) is 33.4 Å². The maximum absolute atomic E-state index is 11.9. The van der Waals surface area contributed by atoms with Crippen molar-refractivity contribution in [1.82, 2.24) is 5.32 Å². The molecule has 108 valence electrons. The van der Waals surface area contributed by atoms with Gasteiger partial charge in [-0.15, -0.1) is 0 Å². The van der Waals surface area contributed by atoms with Gasteiger partial charge in [0.2, 0.25) is 0 Å². The summed E-state index contributed by atoms with van der Waals surface area (Å²) in [4.78, 5) is 34.3. The van der Waals surface area contributed by atoms with Gasteiger partial charge >= 0.3 is 12.0 Å². The van der Waals surface area contributed by atoms with Gasteiger partial charge in [0.25, 0.3) is 5.91 Å². The zero-order valence-electron chi connectivity index (χ0n) is 11.1. The van der Waals surface area contributed by atoms with Crippen molar-refractivity contribution >= 4 is 40.5 Å². The standard InChI is InChI=1S/C13H15IN2O4/c1-7(2)10(11(17)16-13(15)19)20-12(18)8-3-5-9(14)6-4-8/h3-7,10H,1-2H3,(H3,15,16,17,19)/t10-/m0/s1. The Morgan fingerprint density at radius 2 is 1.75 bits per heavy atom. The van der Waals surface area contributed by atoms with Gasteiger partial charge in [0, 0.05) is 3.57 Å². The molecule has 1 aromatic carbocycles. The molecule has 0 saturated carbocycles. The molecule has 1 rings (SSSR count). The van der Waals surface area contributed by atoms with E-state index in [1.165, 1.54) is 0 Å². The number of halogens is 1. The molecule has 20 heavy (non-hydrogen) atoms. The molecule has 0 fully saturated rings. The minimum Gasteiger partial charge on any atom is -0.448 e. The molecule has 3 N–H and O–H groups in total. The summed E-state index contributed by atoms with van der Waals surface area (Å²) < 4.78 is 6.12. The lowest BCUT2D eigenvalue weighted by Gasteiger charge is -2.19. The van der Waals surface area contributed by atoms with Crippen molar-refractivity contribution in [2.75, 3.05) is 0 Å². The van der Waals surface area contributed by atoms with Crippen molar-refractivity contribution in [2.45, 2.75) is 20.0 Å². The zero-order chi connectivity index (χ0) is 15.3. The lowest BCUT2D eigenvalue weighted by atomic mass is 10.1. The molecule has 3 amide bonds. The van der Waals surface area contributed by atoms with Crippen LogP contribution in [0.15, 0.2) is 24.3 Å². The quantitative estimate of drug-likeness (QED) is 0.604. The normalized spacial score (nSPS) is 11.8. The van der Waals surface area contributed by atoms with Crippen LogP contribution in [-0.2, 0) is 9.53 Å². The van der Waals surface area contributed by atoms with E-state index in [1.54, 1.807) is 38.1 Å². The van der Waals surface area contributed by atoms with Gasteiger partial charge in [0.15, 0.2) is 6.10 Å². The maximum atomic E-state index is 11.9. The fraction of sp³-hybridized carbons (Fsp3) is 0.308. The summed E-state index contributed by atoms with van der Waals surface area (Å²) in [5.74, 6) is -1.65. The number of carbonyl (C=O) groups is 3. The smallest absolute Gasteiger partial charge is 0.338 e. The maximum Gasteiger partial charge on any atom is 0.338 e. The van der Waals surface area contributed by atoms with E-state index in [2.05, 4.69) is 22.6 Å². The molecule has 6 nitrogen and oxygen atoms in total. The van der Waals surface area contributed by atoms with Crippen molar-refractivity contribution in [1.29, 1.82) is 0 Å². The van der Waals surface area contributed by atoms with Crippen molar-refractivity contribution in [2.24, 2.45) is 11.7 Å². The van der Waals surface area contributed by atoms with Crippen molar-refractivity contribution in [3.63, 3.8) is 0 Å². The average molecular weight is 390 g/mol. The number of ether oxygens (including phenoxy) is 1. The fourth-order valence-electron chi connectivity index (χ4n) is 1.45. The first-order chi connectivity index (χ1) is 9.31. The molecular formula is C13H15IN2O4. The van der Waals surface area contributed by atoms with Crippen LogP contribution >= 0.6 is 22.6 Å². The molecule has 7 heteroatoms. The Balaban J connectivity index is 2.80. The highest BCUT2D eigenvalue weighted by Gasteiger charge is 2.27. The van der Waals surface area contributed by atoms with Crippen LogP contribution in [0.5, 0.6) is 0 Å². The summed E-state index contributed by atoms with van der Waals surface area (Å²) in [6.45, 7) is 3.40. The summed E-state index contributed by atoms with van der Waals surface area (Å²) in [5, 5.41) is 1.91. The van der Waals surface area contributed by atoms with Crippen LogP contribution in [0.2, 0.25) is 0 Å². The van der Waals surface area contributed by atoms with Crippen LogP contribution in [0, 0.1) is 9.49 Å². The van der Waals surface area contributed by atoms with Crippen LogP contribution < -0.4 is 11.1 Å². The number of rotatable bonds is 4. The zero-order valence-corrected chi connectivity index (χ0v) is 13.2. The van der Waals surface area contributed by atoms with E-state index in [0.717, 1.165) is 3.57 Å². The number of nitrogens with one attached hydrogen (secondary N) is 1. The topological polar surface area (TPSA) is 98.5 Å². The number of hydrogen-bond donors (Lipinski definition) is 2. The molecule has 0 unspecified atom stereocenters. The first-order valence-electron chi connectivity index (χ1n) is 5.88. The van der Waals surface area contributed by atoms with Gasteiger partial charge < -0.3 is 10.5 Å². The molecule has 0 bridgehead atoms. The first kappa shape index (κ1) is 16.4. The second-order valence-electron chi connectivity index (χ2n) is 4.43. The highest BCUT2D eigenvalue weighted by atomic mass is 127. The molecule has 0 aromatic heterocycles. The second kappa shape index (κ2) is 7.22. The lowest BCUT2D eigenvalue weighted by molar-refractivity contribution is -0.130. The molecule has 0 radical (unpaired) electrons. The number of imide groups is 1. The van der Waals surface area contributed by atoms with Gasteiger partial charge in [0.05, 0.1) is 5.56 Å². The van der Waals surface area contributed by atoms with Gasteiger partial charge in [-0.05, 0) is 52.8 Å². The SMILES string of the molecule is CC(C)[C@H](OC(=O)c1ccc(I)cc1)C(=O)NC(N)=O. The number of hydrogen-bond acceptors (Lipinski definition) is 4. The number of esters is 1. The first-order valence-corrected chi connectivity index (χ1v) is 6.96. The summed E-state index contributed by atoms with van der Waals surface area (Å²) in [5.41, 5.74) is 5.21. The fourth-order valence-corrected chi connectivity index (χ4v) is 1.81. The summed E-state index contributed by atoms with van der Waals surface area (Å²) >= 11 is 2.11. The third kappa shape index (κ3) is 4.80. The van der Waals surface area contributed by atoms with Gasteiger partial charge in [-0.25, -0.2) is 9.59 Å². The summed E-state index contributed by atoms with van der Waals surface area (Å²) in [6.07, 6.45) is -1.07. The number of amides is 3. The van der Waals surface area contributed by atoms with Crippen LogP contribution in [0.3, 0.4) is 0 Å². The highest BCUT2D eigenvalue weighted by molar-refractivity contribution is 14.1. The number of primary amides is 1. The Bertz CT molecular complexity index is 514. The van der Waals surface area contributed by atoms with Gasteiger partial charge in [-0.2, -0.15) is 0 Å². The number of benzene rings is 1. The Morgan fingerprint density at radius 1 is 1.20 bits per heavy atom. The van der Waals surface area contributed by atoms with Gasteiger partial charge in [-0.3, -0.25) is 10.1 Å². The van der Waals surface area contributed by atoms with Crippen molar-refractivity contribution in [3.8, 4) is 0 Å². The average Bonchev–Trinajstić information content (AvgIpc) is 2.35. The van der Waals surface area contributed by atoms with Crippen LogP contribution in [0.4, 0.5) is 4.79 Å². The molecule has 0 spiro atoms. The van der Waals surface area contributed by atoms with E-state index in [1.807, 2.05) is 5.32 Å². The van der Waals surface area contributed by atoms with Gasteiger partial charge in [-0.1, -0.05) is 13.8 Å². The molecule has 0 heterocycles. The Labute approximate surface area is 130 Å². The van der Waals surface area contributed by atoms with E-state index >= 15 is 0 Å². The van der Waals surface area contributed by atoms with Crippen molar-refractivity contribution < 1.29 is 19.1 Å². The van der Waals surface area contributed by atoms with Crippen LogP contribution in [0.1, 0.15) is 24.2 Å². The third-order valence-electron chi connectivity index (χ3n) is 2.42. The summed E-state index contributed by atoms with van der Waals surface area (Å²) in [7, 11) is 0. The Morgan fingerprint density at radius 3 is 2.20 bits per heavy atom. The second-order valence-corrected chi connectivity index (χ2v) is 5.68. The molecule has 1 aromatic rings. The van der Waals surface area contributed by atoms with E-state index in [-0.39, 0.29) is 5.92 Å². The molecule has 0 aliphatic carbocycles. The van der Waals surface area contributed by atoms with Crippen LogP contribution in [0.25, 0.3) is 0 Å². The van der Waals surface area contributed by atoms with Gasteiger partial charge in [0.1, 0.15) is 0 Å². The molecule has 0 aliphatic rings. The molecule has 1 atom stereocenters. The minimum atomic E-state index is -1.07. The number of urea groups is 1. The predicted molar refractivity (Wildman–Crippen MR) is 80.9 cm³/mol. The predicted octanol–water partition coefficient (Wildman–Crippen LogP) is 1.67. The van der Waals surface area contributed by atoms with E-state index < -0.39 is 24.0 Å². The molecular weight excluding hydrogens is 375 g/mol. The Kier molecular flexibility index (Phi) is 5.93. The lowest BCUT2D eigenvalue weighted by Crippen LogP contribution is -2.45. The van der Waals surface area contributed by atoms with Crippen LogP contribution in [-0.4, -0.2) is 24.0 Å².